The molecule has 2 heterocycles. The summed E-state index contributed by atoms with van der Waals surface area (Å²) in [4.78, 5) is 75.1. The Bertz CT molecular complexity index is 1710. The minimum absolute atomic E-state index is 0.0161. The molecular formula is C42H61N5O7S. The van der Waals surface area contributed by atoms with E-state index in [1.807, 2.05) is 27.7 Å². The van der Waals surface area contributed by atoms with Gasteiger partial charge in [0, 0.05) is 57.6 Å². The van der Waals surface area contributed by atoms with E-state index in [0.29, 0.717) is 25.8 Å². The maximum absolute atomic E-state index is 15.0. The lowest BCUT2D eigenvalue weighted by Gasteiger charge is -2.43. The van der Waals surface area contributed by atoms with E-state index >= 15 is 0 Å². The minimum atomic E-state index is -3.95. The van der Waals surface area contributed by atoms with Gasteiger partial charge in [0.15, 0.2) is 16.6 Å². The number of pyridine rings is 1. The molecule has 6 atom stereocenters. The Balaban J connectivity index is 1.60. The molecule has 4 rings (SSSR count). The van der Waals surface area contributed by atoms with Crippen LogP contribution in [0.5, 0.6) is 0 Å². The highest BCUT2D eigenvalue weighted by molar-refractivity contribution is 7.89. The number of rotatable bonds is 18. The van der Waals surface area contributed by atoms with Crippen LogP contribution in [0.4, 0.5) is 4.79 Å². The van der Waals surface area contributed by atoms with Crippen LogP contribution in [-0.4, -0.2) is 90.2 Å². The number of hydrogen-bond donors (Lipinski definition) is 2. The number of urea groups is 1. The predicted octanol–water partition coefficient (Wildman–Crippen LogP) is 5.48. The fourth-order valence-electron chi connectivity index (χ4n) is 8.71. The van der Waals surface area contributed by atoms with Gasteiger partial charge in [0.05, 0.1) is 6.04 Å². The van der Waals surface area contributed by atoms with Gasteiger partial charge in [-0.25, -0.2) is 18.2 Å². The Hall–Kier alpha value is -3.89. The molecule has 1 aliphatic heterocycles. The van der Waals surface area contributed by atoms with Crippen LogP contribution in [0.2, 0.25) is 0 Å². The van der Waals surface area contributed by atoms with Gasteiger partial charge in [-0.3, -0.25) is 19.2 Å². The summed E-state index contributed by atoms with van der Waals surface area (Å²) in [6, 6.07) is 1.65. The van der Waals surface area contributed by atoms with E-state index in [1.165, 1.54) is 23.6 Å². The number of allylic oxidation sites excluding steroid dienone is 1. The van der Waals surface area contributed by atoms with Gasteiger partial charge in [-0.05, 0) is 73.3 Å². The van der Waals surface area contributed by atoms with E-state index < -0.39 is 62.5 Å². The molecule has 0 spiro atoms. The average molecular weight is 780 g/mol. The number of nitrogens with one attached hydrogen (secondary N) is 2. The van der Waals surface area contributed by atoms with Crippen molar-refractivity contribution < 1.29 is 32.4 Å². The summed E-state index contributed by atoms with van der Waals surface area (Å²) >= 11 is 0. The lowest BCUT2D eigenvalue weighted by Crippen LogP contribution is -2.62. The molecule has 0 radical (unpaired) electrons. The molecular weight excluding hydrogens is 719 g/mol. The summed E-state index contributed by atoms with van der Waals surface area (Å²) < 4.78 is 27.9. The van der Waals surface area contributed by atoms with Crippen LogP contribution in [0.15, 0.2) is 42.1 Å². The number of amides is 3. The second-order valence-electron chi connectivity index (χ2n) is 17.2. The van der Waals surface area contributed by atoms with Gasteiger partial charge in [-0.1, -0.05) is 65.5 Å². The van der Waals surface area contributed by atoms with Gasteiger partial charge in [0.1, 0.15) is 6.04 Å². The molecule has 2 aliphatic carbocycles. The summed E-state index contributed by atoms with van der Waals surface area (Å²) in [5, 5.41) is 5.93. The normalized spacial score (nSPS) is 22.5. The molecule has 1 saturated heterocycles. The van der Waals surface area contributed by atoms with E-state index in [0.717, 1.165) is 38.5 Å². The summed E-state index contributed by atoms with van der Waals surface area (Å²) in [5.74, 6) is -0.0560. The lowest BCUT2D eigenvalue weighted by atomic mass is 9.70. The van der Waals surface area contributed by atoms with Crippen molar-refractivity contribution in [3.63, 3.8) is 0 Å². The highest BCUT2D eigenvalue weighted by atomic mass is 32.2. The molecule has 12 nitrogen and oxygen atoms in total. The smallest absolute Gasteiger partial charge is 0.315 e. The molecule has 1 aromatic heterocycles. The number of ketones is 3. The molecule has 0 aromatic carbocycles. The summed E-state index contributed by atoms with van der Waals surface area (Å²) in [5.41, 5.74) is -1.18. The fraction of sp³-hybridized carbons (Fsp3) is 0.667. The van der Waals surface area contributed by atoms with Crippen molar-refractivity contribution in [3.8, 4) is 12.3 Å². The number of terminal acetylenes is 1. The Kier molecular flexibility index (Phi) is 15.0. The predicted molar refractivity (Wildman–Crippen MR) is 211 cm³/mol. The number of carbonyl (C=O) groups excluding carboxylic acids is 5. The first-order chi connectivity index (χ1) is 25.9. The number of sulfonamides is 1. The number of carbonyl (C=O) groups is 5. The van der Waals surface area contributed by atoms with E-state index in [2.05, 4.69) is 28.1 Å². The van der Waals surface area contributed by atoms with Crippen molar-refractivity contribution in [3.05, 3.63) is 37.1 Å². The third-order valence-electron chi connectivity index (χ3n) is 12.1. The number of likely N-dealkylation sites (tertiary alicyclic amines) is 1. The highest BCUT2D eigenvalue weighted by Crippen LogP contribution is 2.46. The van der Waals surface area contributed by atoms with Crippen molar-refractivity contribution in [1.82, 2.24) is 24.8 Å². The van der Waals surface area contributed by atoms with Crippen LogP contribution in [-0.2, 0) is 29.2 Å². The molecule has 55 heavy (non-hydrogen) atoms. The first kappa shape index (κ1) is 43.8. The maximum Gasteiger partial charge on any atom is 0.315 e. The number of Topliss-reactive ketones (excluding diaryl/α,β-unsaturated/α-hetero) is 3. The summed E-state index contributed by atoms with van der Waals surface area (Å²) in [6.45, 7) is 11.7. The number of likely N-dealkylation sites (N-methyl/N-ethyl adjacent to an activating group) is 1. The van der Waals surface area contributed by atoms with Gasteiger partial charge >= 0.3 is 6.03 Å². The first-order valence-electron chi connectivity index (χ1n) is 19.8. The number of nitrogens with zero attached hydrogens (tertiary/aromatic N) is 3. The summed E-state index contributed by atoms with van der Waals surface area (Å²) in [6.07, 6.45) is 15.9. The molecule has 1 aromatic rings. The minimum Gasteiger partial charge on any atom is -0.334 e. The largest absolute Gasteiger partial charge is 0.334 e. The standard InChI is InChI=1S/C42H61N5O7S/c1-8-10-18-29(37(50)32(48)21-11-9-2)26-33(49)36-31-20-17-19-30(31)27-47(36)39(51)38(42(6)23-14-12-15-24-42)45-40(52)44-34(41(3,4)5)28-46(7)55(53,54)35-22-13-16-25-43-35/h1,9,13,16,22,25,29-31,34,36,38H,2,10-12,14-15,17-21,23-24,26-28H2,3-7H3,(H2,44,45,52)/t29?,30-,31-,34+,36-,38+/m0/s1. The molecule has 302 valence electrons. The van der Waals surface area contributed by atoms with Crippen molar-refractivity contribution in [2.24, 2.45) is 28.6 Å². The van der Waals surface area contributed by atoms with Crippen LogP contribution < -0.4 is 10.6 Å². The first-order valence-corrected chi connectivity index (χ1v) is 21.3. The zero-order chi connectivity index (χ0) is 40.6. The zero-order valence-corrected chi connectivity index (χ0v) is 34.2. The zero-order valence-electron chi connectivity index (χ0n) is 33.3. The Morgan fingerprint density at radius 1 is 1.11 bits per heavy atom. The van der Waals surface area contributed by atoms with Crippen LogP contribution in [0.25, 0.3) is 0 Å². The number of aromatic nitrogens is 1. The quantitative estimate of drug-likeness (QED) is 0.113. The van der Waals surface area contributed by atoms with Crippen molar-refractivity contribution in [1.29, 1.82) is 0 Å². The van der Waals surface area contributed by atoms with Crippen LogP contribution >= 0.6 is 0 Å². The molecule has 2 N–H and O–H groups in total. The van der Waals surface area contributed by atoms with E-state index in [1.54, 1.807) is 23.1 Å². The Morgan fingerprint density at radius 3 is 2.44 bits per heavy atom. The van der Waals surface area contributed by atoms with Gasteiger partial charge < -0.3 is 15.5 Å². The second-order valence-corrected chi connectivity index (χ2v) is 19.1. The van der Waals surface area contributed by atoms with Gasteiger partial charge in [-0.2, -0.15) is 4.31 Å². The van der Waals surface area contributed by atoms with E-state index in [-0.39, 0.29) is 60.8 Å². The molecule has 3 fully saturated rings. The molecule has 0 bridgehead atoms. The van der Waals surface area contributed by atoms with Gasteiger partial charge in [-0.15, -0.1) is 18.9 Å². The van der Waals surface area contributed by atoms with Crippen LogP contribution in [0, 0.1) is 40.9 Å². The Labute approximate surface area is 328 Å². The van der Waals surface area contributed by atoms with Crippen LogP contribution in [0.3, 0.4) is 0 Å². The number of fused-ring (bicyclic) bond motifs is 1. The highest BCUT2D eigenvalue weighted by Gasteiger charge is 2.53. The van der Waals surface area contributed by atoms with Crippen molar-refractivity contribution >= 4 is 39.3 Å². The third kappa shape index (κ3) is 10.7. The Morgan fingerprint density at radius 2 is 1.82 bits per heavy atom. The van der Waals surface area contributed by atoms with E-state index in [9.17, 15) is 32.4 Å². The molecule has 1 unspecified atom stereocenters. The second kappa shape index (κ2) is 18.8. The van der Waals surface area contributed by atoms with Gasteiger partial charge in [0.25, 0.3) is 10.0 Å². The average Bonchev–Trinajstić information content (AvgIpc) is 3.76. The lowest BCUT2D eigenvalue weighted by molar-refractivity contribution is -0.144. The molecule has 2 saturated carbocycles. The SMILES string of the molecule is C#CCCC(CC(=O)[C@@H]1[C@H]2CCC[C@H]2CN1C(=O)[C@@H](NC(=O)N[C@H](CN(C)S(=O)(=O)c1ccccn1)C(C)(C)C)C1(C)CCCCC1)C(=O)C(=O)CCC=C. The van der Waals surface area contributed by atoms with E-state index in [4.69, 9.17) is 6.42 Å². The van der Waals surface area contributed by atoms with Crippen LogP contribution in [0.1, 0.15) is 111 Å². The number of hydrogen-bond acceptors (Lipinski definition) is 8. The molecule has 13 heteroatoms. The topological polar surface area (TPSA) is 163 Å². The molecule has 3 amide bonds. The van der Waals surface area contributed by atoms with Gasteiger partial charge in [0.2, 0.25) is 11.7 Å². The maximum atomic E-state index is 15.0. The fourth-order valence-corrected chi connectivity index (χ4v) is 9.81. The van der Waals surface area contributed by atoms with Crippen molar-refractivity contribution in [2.45, 2.75) is 134 Å². The third-order valence-corrected chi connectivity index (χ3v) is 13.9. The molecule has 3 aliphatic rings. The monoisotopic (exact) mass is 779 g/mol. The summed E-state index contributed by atoms with van der Waals surface area (Å²) in [7, 11) is -2.51. The van der Waals surface area contributed by atoms with Crippen molar-refractivity contribution in [2.75, 3.05) is 20.1 Å².